The second kappa shape index (κ2) is 38.6. The third kappa shape index (κ3) is 21.7. The summed E-state index contributed by atoms with van der Waals surface area (Å²) < 4.78 is 0. The Morgan fingerprint density at radius 3 is 0.884 bits per heavy atom. The van der Waals surface area contributed by atoms with Crippen LogP contribution in [0.4, 0.5) is 22.7 Å². The van der Waals surface area contributed by atoms with Gasteiger partial charge in [0.15, 0.2) is 22.6 Å². The lowest BCUT2D eigenvalue weighted by molar-refractivity contribution is -0.147. The summed E-state index contributed by atoms with van der Waals surface area (Å²) in [6.07, 6.45) is 31.8. The zero-order valence-corrected chi connectivity index (χ0v) is 65.8. The second-order valence-electron chi connectivity index (χ2n) is 29.8. The van der Waals surface area contributed by atoms with E-state index in [1.165, 1.54) is 92.2 Å². The highest BCUT2D eigenvalue weighted by Gasteiger charge is 2.38. The Labute approximate surface area is 687 Å². The van der Waals surface area contributed by atoms with E-state index in [2.05, 4.69) is 115 Å². The number of carbonyl (C=O) groups excluding carboxylic acids is 11. The molecule has 8 atom stereocenters. The highest BCUT2D eigenvalue weighted by atomic mass is 16.4. The lowest BCUT2D eigenvalue weighted by atomic mass is 9.90. The molecule has 0 radical (unpaired) electrons. The van der Waals surface area contributed by atoms with E-state index in [4.69, 9.17) is 28.0 Å². The summed E-state index contributed by atoms with van der Waals surface area (Å²) in [5.41, 5.74) is 28.7. The molecular formula is C80H86N28O13. The van der Waals surface area contributed by atoms with Crippen molar-refractivity contribution in [1.82, 2.24) is 101 Å². The van der Waals surface area contributed by atoms with Crippen LogP contribution in [0.2, 0.25) is 0 Å². The van der Waals surface area contributed by atoms with Gasteiger partial charge in [-0.1, -0.05) is 27.7 Å². The number of carboxylic acid groups (broad SMARTS) is 1. The van der Waals surface area contributed by atoms with Gasteiger partial charge in [-0.25, -0.2) is 24.7 Å². The molecule has 121 heavy (non-hydrogen) atoms. The van der Waals surface area contributed by atoms with Gasteiger partial charge in [-0.2, -0.15) is 20.4 Å². The zero-order valence-electron chi connectivity index (χ0n) is 65.8. The molecule has 4 aliphatic rings. The number of rotatable bonds is 12. The number of piperidine rings is 4. The van der Waals surface area contributed by atoms with Gasteiger partial charge in [-0.15, -0.1) is 0 Å². The Morgan fingerprint density at radius 2 is 0.612 bits per heavy atom. The van der Waals surface area contributed by atoms with E-state index in [0.29, 0.717) is 42.6 Å². The Kier molecular flexibility index (Phi) is 27.2. The number of aromatic amines is 4. The summed E-state index contributed by atoms with van der Waals surface area (Å²) in [5.74, 6) is -8.30. The summed E-state index contributed by atoms with van der Waals surface area (Å²) in [5, 5.41) is 52.3. The monoisotopic (exact) mass is 1650 g/mol. The van der Waals surface area contributed by atoms with Gasteiger partial charge in [0.1, 0.15) is 0 Å². The molecule has 4 aliphatic heterocycles. The Bertz CT molecular complexity index is 5460. The third-order valence-electron chi connectivity index (χ3n) is 20.6. The van der Waals surface area contributed by atoms with Gasteiger partial charge in [-0.05, 0) is 152 Å². The maximum Gasteiger partial charge on any atom is 0.394 e. The van der Waals surface area contributed by atoms with E-state index in [9.17, 15) is 57.5 Å². The predicted octanol–water partition coefficient (Wildman–Crippen LogP) is 5.39. The van der Waals surface area contributed by atoms with Crippen molar-refractivity contribution in [3.05, 3.63) is 192 Å². The van der Waals surface area contributed by atoms with Crippen LogP contribution in [-0.2, 0) is 38.4 Å². The Hall–Kier alpha value is -15.3. The van der Waals surface area contributed by atoms with Crippen molar-refractivity contribution in [2.24, 2.45) is 46.6 Å². The number of aliphatic carboxylic acids is 1. The number of fused-ring (bicyclic) bond motifs is 4. The number of carboxylic acids is 1. The summed E-state index contributed by atoms with van der Waals surface area (Å²) in [7, 11) is 0. The number of anilines is 4. The van der Waals surface area contributed by atoms with Crippen molar-refractivity contribution in [3.8, 4) is 0 Å². The Balaban J connectivity index is 0.000000142. The van der Waals surface area contributed by atoms with Gasteiger partial charge in [-0.3, -0.25) is 93.1 Å². The molecule has 41 heteroatoms. The maximum absolute atomic E-state index is 13.0. The molecule has 0 aromatic carbocycles. The van der Waals surface area contributed by atoms with Crippen molar-refractivity contribution < 1.29 is 62.6 Å². The van der Waals surface area contributed by atoms with Gasteiger partial charge >= 0.3 is 47.3 Å². The van der Waals surface area contributed by atoms with Crippen molar-refractivity contribution in [2.45, 2.75) is 103 Å². The van der Waals surface area contributed by atoms with Crippen LogP contribution in [0.25, 0.3) is 44.1 Å². The zero-order chi connectivity index (χ0) is 86.1. The molecular weight excluding hydrogens is 1560 g/mol. The molecule has 41 nitrogen and oxygen atoms in total. The number of carbonyl (C=O) groups is 12. The van der Waals surface area contributed by atoms with Crippen LogP contribution in [0.3, 0.4) is 0 Å². The molecule has 18 N–H and O–H groups in total. The van der Waals surface area contributed by atoms with Gasteiger partial charge in [0.25, 0.3) is 0 Å². The van der Waals surface area contributed by atoms with Gasteiger partial charge < -0.3 is 69.3 Å². The largest absolute Gasteiger partial charge is 0.474 e. The number of nitrogens with zero attached hydrogens (tertiary/aromatic N) is 15. The first-order chi connectivity index (χ1) is 58.1. The van der Waals surface area contributed by atoms with Crippen LogP contribution in [0.1, 0.15) is 167 Å². The van der Waals surface area contributed by atoms with Crippen molar-refractivity contribution in [2.75, 3.05) is 47.4 Å². The first kappa shape index (κ1) is 85.1. The van der Waals surface area contributed by atoms with Crippen LogP contribution in [-0.4, -0.2) is 198 Å². The summed E-state index contributed by atoms with van der Waals surface area (Å²) in [4.78, 5) is 180. The molecule has 16 rings (SSSR count). The van der Waals surface area contributed by atoms with Gasteiger partial charge in [0.2, 0.25) is 23.6 Å². The van der Waals surface area contributed by atoms with Crippen LogP contribution in [0.15, 0.2) is 148 Å². The average Bonchev–Trinajstić information content (AvgIpc) is 1.73. The molecule has 0 spiro atoms. The third-order valence-corrected chi connectivity index (χ3v) is 20.6. The molecule has 11 amide bonds. The fourth-order valence-electron chi connectivity index (χ4n) is 14.3. The summed E-state index contributed by atoms with van der Waals surface area (Å²) in [6.45, 7) is 10.9. The number of nitrogens with two attached hydrogens (primary N) is 4. The van der Waals surface area contributed by atoms with Crippen molar-refractivity contribution >= 4 is 138 Å². The van der Waals surface area contributed by atoms with Gasteiger partial charge in [0.05, 0.1) is 113 Å². The van der Waals surface area contributed by atoms with Gasteiger partial charge in [0, 0.05) is 96.8 Å². The highest BCUT2D eigenvalue weighted by Crippen LogP contribution is 2.38. The topological polar surface area (TPSA) is 617 Å². The van der Waals surface area contributed by atoms with Crippen LogP contribution >= 0.6 is 0 Å². The molecule has 624 valence electrons. The molecule has 4 fully saturated rings. The molecule has 0 bridgehead atoms. The number of pyridine rings is 8. The van der Waals surface area contributed by atoms with E-state index in [-0.39, 0.29) is 80.9 Å². The van der Waals surface area contributed by atoms with E-state index >= 15 is 0 Å². The fourth-order valence-corrected chi connectivity index (χ4v) is 14.3. The molecule has 0 saturated carbocycles. The minimum absolute atomic E-state index is 0.0817. The van der Waals surface area contributed by atoms with Crippen molar-refractivity contribution in [3.63, 3.8) is 0 Å². The minimum Gasteiger partial charge on any atom is -0.474 e. The Morgan fingerprint density at radius 1 is 0.339 bits per heavy atom. The maximum atomic E-state index is 13.0. The molecule has 12 aromatic rings. The van der Waals surface area contributed by atoms with E-state index < -0.39 is 70.9 Å². The van der Waals surface area contributed by atoms with E-state index in [1.807, 2.05) is 56.7 Å². The number of H-pyrrole nitrogens is 4. The SMILES string of the molecule is C[C@@H]1CC[C@@H](c2cnc3[nH]ncc3c2)N(C(=O)C(=O)Nc2cncc(C(N)=O)c2)C1.C[C@H]1CC[C@H](c2cnc3[nH]ncc3c2)N(C(=O)C(=O)Nc2cncc(C(N)=O)c2)C1.C[C@H]1CC[C@H](c2cnc3[nH]ncc3c2)N(C(=O)C(=O)Nc2cncc(C(N)=O)c2)C1.C[C@H]1CC[C@H](c2cnc3[nH]ncc3c2)NC1.NC(=O)c1cncc(NC(=O)C(=O)O)c1. The summed E-state index contributed by atoms with van der Waals surface area (Å²) >= 11 is 0. The first-order valence-corrected chi connectivity index (χ1v) is 38.4. The molecule has 16 heterocycles. The number of hydrogen-bond acceptors (Lipinski definition) is 25. The number of hydrogen-bond donors (Lipinski definition) is 14. The van der Waals surface area contributed by atoms with E-state index in [0.717, 1.165) is 94.9 Å². The molecule has 12 aromatic heterocycles. The molecule has 0 unspecified atom stereocenters. The predicted molar refractivity (Wildman–Crippen MR) is 436 cm³/mol. The second-order valence-corrected chi connectivity index (χ2v) is 29.8. The smallest absolute Gasteiger partial charge is 0.394 e. The van der Waals surface area contributed by atoms with Crippen molar-refractivity contribution in [1.29, 1.82) is 0 Å². The fraction of sp³-hybridized carbons (Fsp3) is 0.300. The average molecular weight is 1650 g/mol. The number of likely N-dealkylation sites (tertiary alicyclic amines) is 3. The quantitative estimate of drug-likeness (QED) is 0.0681. The number of amides is 11. The number of aromatic nitrogens is 16. The molecule has 4 saturated heterocycles. The minimum atomic E-state index is -1.63. The standard InChI is InChI=1S/3C20H21N7O3.C12H16N4.C8H7N3O4/c3*1-11-2-3-16(12-4-14-8-24-26-18(14)23-7-12)27(10-11)20(30)19(29)25-15-5-13(17(21)28)6-22-9-15;1-8-2-3-11(13-5-8)9-4-10-7-15-16-12(10)14-6-9;9-6(12)4-1-5(3-10-2-4)11-7(13)8(14)15/h3*4-9,11,16H,2-3,10H2,1H3,(H2,21,28)(H,25,29)(H,23,24,26);4,6-8,11,13H,2-3,5H2,1H3,(H,14,15,16);1-3H,(H2,9,12)(H,11,13)(H,14,15)/t3*11-,16+;8-,11+;/m1000./s1. The molecule has 0 aliphatic carbocycles. The normalized spacial score (nSPS) is 18.7. The number of nitrogens with one attached hydrogen (secondary N) is 9. The number of primary amides is 4. The van der Waals surface area contributed by atoms with Crippen LogP contribution in [0, 0.1) is 23.7 Å². The summed E-state index contributed by atoms with van der Waals surface area (Å²) in [6, 6.07) is 13.0. The van der Waals surface area contributed by atoms with Crippen LogP contribution in [0.5, 0.6) is 0 Å². The highest BCUT2D eigenvalue weighted by molar-refractivity contribution is 6.41. The lowest BCUT2D eigenvalue weighted by Gasteiger charge is -2.38. The first-order valence-electron chi connectivity index (χ1n) is 38.4. The van der Waals surface area contributed by atoms with Crippen LogP contribution < -0.4 is 49.5 Å². The lowest BCUT2D eigenvalue weighted by Crippen LogP contribution is -2.46. The van der Waals surface area contributed by atoms with E-state index in [1.54, 1.807) is 51.9 Å².